The van der Waals surface area contributed by atoms with E-state index in [0.29, 0.717) is 27.9 Å². The highest BCUT2D eigenvalue weighted by Crippen LogP contribution is 2.22. The van der Waals surface area contributed by atoms with Crippen LogP contribution in [0.4, 0.5) is 5.69 Å². The number of benzene rings is 1. The zero-order valence-corrected chi connectivity index (χ0v) is 16.5. The lowest BCUT2D eigenvalue weighted by molar-refractivity contribution is -0.124. The molecule has 3 N–H and O–H groups in total. The van der Waals surface area contributed by atoms with Crippen molar-refractivity contribution in [2.75, 3.05) is 11.9 Å². The number of aromatic amines is 1. The fraction of sp³-hybridized carbons (Fsp3) is 0.176. The molecule has 3 aromatic rings. The van der Waals surface area contributed by atoms with E-state index in [0.717, 1.165) is 4.88 Å². The number of hydrogen-bond acceptors (Lipinski definition) is 5. The number of thiophene rings is 1. The molecular weight excluding hydrogens is 406 g/mol. The minimum absolute atomic E-state index is 0.115. The van der Waals surface area contributed by atoms with Crippen molar-refractivity contribution in [3.05, 3.63) is 51.6 Å². The first-order valence-corrected chi connectivity index (χ1v) is 9.71. The summed E-state index contributed by atoms with van der Waals surface area (Å²) in [6.07, 6.45) is 0.181. The largest absolute Gasteiger partial charge is 0.347 e. The van der Waals surface area contributed by atoms with Gasteiger partial charge in [-0.05, 0) is 47.9 Å². The molecule has 0 radical (unpaired) electrons. The normalized spacial score (nSPS) is 10.6. The van der Waals surface area contributed by atoms with E-state index in [9.17, 15) is 9.59 Å². The van der Waals surface area contributed by atoms with Gasteiger partial charge in [0.15, 0.2) is 10.6 Å². The van der Waals surface area contributed by atoms with Gasteiger partial charge in [0.05, 0.1) is 11.4 Å². The Balaban J connectivity index is 1.49. The number of rotatable bonds is 7. The summed E-state index contributed by atoms with van der Waals surface area (Å²) in [4.78, 5) is 24.9. The van der Waals surface area contributed by atoms with Crippen molar-refractivity contribution in [1.29, 1.82) is 0 Å². The summed E-state index contributed by atoms with van der Waals surface area (Å²) in [6, 6.07) is 10.6. The van der Waals surface area contributed by atoms with Gasteiger partial charge in [-0.15, -0.1) is 11.3 Å². The molecule has 2 amide bonds. The van der Waals surface area contributed by atoms with Crippen molar-refractivity contribution >= 4 is 52.7 Å². The van der Waals surface area contributed by atoms with Crippen molar-refractivity contribution in [1.82, 2.24) is 20.1 Å². The highest BCUT2D eigenvalue weighted by molar-refractivity contribution is 7.71. The van der Waals surface area contributed by atoms with Crippen LogP contribution in [0.2, 0.25) is 5.02 Å². The van der Waals surface area contributed by atoms with E-state index < -0.39 is 0 Å². The molecule has 27 heavy (non-hydrogen) atoms. The zero-order valence-electron chi connectivity index (χ0n) is 14.1. The molecule has 2 aromatic heterocycles. The third-order valence-electron chi connectivity index (χ3n) is 3.64. The van der Waals surface area contributed by atoms with E-state index in [1.165, 1.54) is 0 Å². The number of nitrogens with one attached hydrogen (secondary N) is 3. The van der Waals surface area contributed by atoms with E-state index >= 15 is 0 Å². The SMILES string of the molecule is O=C(CCn1c(-c2cccs2)n[nH]c1=S)NCC(=O)Nc1ccc(Cl)cc1. The lowest BCUT2D eigenvalue weighted by Gasteiger charge is -2.08. The number of carbonyl (C=O) groups is 2. The number of aromatic nitrogens is 3. The number of hydrogen-bond donors (Lipinski definition) is 3. The Morgan fingerprint density at radius 2 is 2.00 bits per heavy atom. The molecule has 0 unspecified atom stereocenters. The Hall–Kier alpha value is -2.49. The summed E-state index contributed by atoms with van der Waals surface area (Å²) in [5.41, 5.74) is 0.615. The van der Waals surface area contributed by atoms with Gasteiger partial charge in [0.1, 0.15) is 0 Å². The predicted octanol–water partition coefficient (Wildman–Crippen LogP) is 3.47. The predicted molar refractivity (Wildman–Crippen MR) is 108 cm³/mol. The number of carbonyl (C=O) groups excluding carboxylic acids is 2. The molecule has 3 rings (SSSR count). The summed E-state index contributed by atoms with van der Waals surface area (Å²) in [7, 11) is 0. The molecule has 7 nitrogen and oxygen atoms in total. The number of amides is 2. The topological polar surface area (TPSA) is 91.8 Å². The van der Waals surface area contributed by atoms with Crippen molar-refractivity contribution in [2.24, 2.45) is 0 Å². The minimum atomic E-state index is -0.315. The summed E-state index contributed by atoms with van der Waals surface area (Å²) in [6.45, 7) is 0.253. The Bertz CT molecular complexity index is 980. The molecule has 1 aromatic carbocycles. The zero-order chi connectivity index (χ0) is 19.2. The van der Waals surface area contributed by atoms with Crippen LogP contribution in [0.25, 0.3) is 10.7 Å². The molecule has 0 aliphatic carbocycles. The second-order valence-electron chi connectivity index (χ2n) is 5.56. The van der Waals surface area contributed by atoms with Gasteiger partial charge < -0.3 is 10.6 Å². The van der Waals surface area contributed by atoms with E-state index in [1.54, 1.807) is 40.2 Å². The van der Waals surface area contributed by atoms with Gasteiger partial charge in [0.25, 0.3) is 0 Å². The molecule has 2 heterocycles. The van der Waals surface area contributed by atoms with Gasteiger partial charge in [-0.25, -0.2) is 0 Å². The molecule has 0 fully saturated rings. The van der Waals surface area contributed by atoms with Gasteiger partial charge in [-0.3, -0.25) is 19.3 Å². The van der Waals surface area contributed by atoms with Crippen molar-refractivity contribution in [2.45, 2.75) is 13.0 Å². The second kappa shape index (κ2) is 8.94. The van der Waals surface area contributed by atoms with Gasteiger partial charge in [-0.2, -0.15) is 5.10 Å². The van der Waals surface area contributed by atoms with Crippen LogP contribution in [0.5, 0.6) is 0 Å². The number of anilines is 1. The smallest absolute Gasteiger partial charge is 0.243 e. The van der Waals surface area contributed by atoms with Crippen LogP contribution in [-0.2, 0) is 16.1 Å². The monoisotopic (exact) mass is 421 g/mol. The van der Waals surface area contributed by atoms with Gasteiger partial charge in [-0.1, -0.05) is 17.7 Å². The summed E-state index contributed by atoms with van der Waals surface area (Å²) in [5.74, 6) is 0.134. The number of halogens is 1. The van der Waals surface area contributed by atoms with Crippen LogP contribution < -0.4 is 10.6 Å². The molecule has 0 saturated carbocycles. The van der Waals surface area contributed by atoms with Gasteiger partial charge in [0.2, 0.25) is 11.8 Å². The van der Waals surface area contributed by atoms with E-state index in [4.69, 9.17) is 23.8 Å². The number of nitrogens with zero attached hydrogens (tertiary/aromatic N) is 2. The Kier molecular flexibility index (Phi) is 6.38. The van der Waals surface area contributed by atoms with Crippen LogP contribution in [0.15, 0.2) is 41.8 Å². The van der Waals surface area contributed by atoms with Crippen LogP contribution in [0.1, 0.15) is 6.42 Å². The van der Waals surface area contributed by atoms with Crippen LogP contribution >= 0.6 is 35.2 Å². The standard InChI is InChI=1S/C17H16ClN5O2S2/c18-11-3-5-12(6-4-11)20-15(25)10-19-14(24)7-8-23-16(21-22-17(23)26)13-2-1-9-27-13/h1-6,9H,7-8,10H2,(H,19,24)(H,20,25)(H,22,26). The molecule has 0 aliphatic rings. The van der Waals surface area contributed by atoms with Crippen LogP contribution in [0.3, 0.4) is 0 Å². The van der Waals surface area contributed by atoms with Gasteiger partial charge in [0, 0.05) is 23.7 Å². The molecule has 0 bridgehead atoms. The molecule has 140 valence electrons. The minimum Gasteiger partial charge on any atom is -0.347 e. The summed E-state index contributed by atoms with van der Waals surface area (Å²) in [5, 5.41) is 14.8. The maximum absolute atomic E-state index is 12.1. The van der Waals surface area contributed by atoms with Crippen molar-refractivity contribution < 1.29 is 9.59 Å². The average molecular weight is 422 g/mol. The van der Waals surface area contributed by atoms with Crippen LogP contribution in [-0.4, -0.2) is 33.1 Å². The first kappa shape index (κ1) is 19.3. The van der Waals surface area contributed by atoms with Crippen molar-refractivity contribution in [3.8, 4) is 10.7 Å². The molecule has 0 atom stereocenters. The third kappa shape index (κ3) is 5.25. The maximum atomic E-state index is 12.1. The van der Waals surface area contributed by atoms with E-state index in [-0.39, 0.29) is 24.8 Å². The second-order valence-corrected chi connectivity index (χ2v) is 7.33. The maximum Gasteiger partial charge on any atom is 0.243 e. The lowest BCUT2D eigenvalue weighted by Crippen LogP contribution is -2.33. The van der Waals surface area contributed by atoms with E-state index in [1.807, 2.05) is 17.5 Å². The van der Waals surface area contributed by atoms with Gasteiger partial charge >= 0.3 is 0 Å². The molecule has 0 saturated heterocycles. The Morgan fingerprint density at radius 3 is 2.70 bits per heavy atom. The third-order valence-corrected chi connectivity index (χ3v) is 5.07. The Labute approximate surface area is 169 Å². The molecular formula is C17H16ClN5O2S2. The van der Waals surface area contributed by atoms with E-state index in [2.05, 4.69) is 20.8 Å². The highest BCUT2D eigenvalue weighted by Gasteiger charge is 2.12. The van der Waals surface area contributed by atoms with Crippen LogP contribution in [0, 0.1) is 4.77 Å². The fourth-order valence-corrected chi connectivity index (χ4v) is 3.41. The average Bonchev–Trinajstić information content (AvgIpc) is 3.30. The fourth-order valence-electron chi connectivity index (χ4n) is 2.34. The quantitative estimate of drug-likeness (QED) is 0.509. The highest BCUT2D eigenvalue weighted by atomic mass is 35.5. The summed E-state index contributed by atoms with van der Waals surface area (Å²) < 4.78 is 2.22. The van der Waals surface area contributed by atoms with Crippen molar-refractivity contribution in [3.63, 3.8) is 0 Å². The first-order chi connectivity index (χ1) is 13.0. The first-order valence-electron chi connectivity index (χ1n) is 8.04. The summed E-state index contributed by atoms with van der Waals surface area (Å²) >= 11 is 12.6. The molecule has 10 heteroatoms. The Morgan fingerprint density at radius 1 is 1.22 bits per heavy atom. The lowest BCUT2D eigenvalue weighted by atomic mass is 10.3. The molecule has 0 aliphatic heterocycles. The number of H-pyrrole nitrogens is 1. The molecule has 0 spiro atoms.